The standard InChI is InChI=1S/C15H23N3O2/c1-9-6-11(3)16-14(13(9)15(19)20)18-7-10(2)12(8-18)17(4)5/h6,10,12H,7-8H2,1-5H3,(H,19,20). The van der Waals surface area contributed by atoms with Crippen LogP contribution in [0.1, 0.15) is 28.5 Å². The van der Waals surface area contributed by atoms with Gasteiger partial charge in [-0.05, 0) is 45.5 Å². The molecule has 0 amide bonds. The Balaban J connectivity index is 2.41. The fraction of sp³-hybridized carbons (Fsp3) is 0.600. The number of hydrogen-bond acceptors (Lipinski definition) is 4. The molecule has 1 aliphatic heterocycles. The van der Waals surface area contributed by atoms with Gasteiger partial charge in [0.05, 0.1) is 0 Å². The third-order valence-electron chi connectivity index (χ3n) is 4.07. The average Bonchev–Trinajstić information content (AvgIpc) is 2.69. The van der Waals surface area contributed by atoms with Crippen molar-refractivity contribution in [1.29, 1.82) is 0 Å². The molecule has 1 aromatic rings. The summed E-state index contributed by atoms with van der Waals surface area (Å²) in [6.07, 6.45) is 0. The number of aryl methyl sites for hydroxylation is 2. The predicted molar refractivity (Wildman–Crippen MR) is 79.5 cm³/mol. The van der Waals surface area contributed by atoms with Gasteiger partial charge in [0.15, 0.2) is 0 Å². The highest BCUT2D eigenvalue weighted by molar-refractivity contribution is 5.95. The first-order valence-corrected chi connectivity index (χ1v) is 6.94. The Bertz CT molecular complexity index is 528. The zero-order valence-corrected chi connectivity index (χ0v) is 12.8. The molecule has 0 aromatic carbocycles. The molecular formula is C15H23N3O2. The van der Waals surface area contributed by atoms with Gasteiger partial charge in [0, 0.05) is 24.8 Å². The molecular weight excluding hydrogens is 254 g/mol. The molecule has 2 atom stereocenters. The summed E-state index contributed by atoms with van der Waals surface area (Å²) >= 11 is 0. The Morgan fingerprint density at radius 2 is 2.05 bits per heavy atom. The third-order valence-corrected chi connectivity index (χ3v) is 4.07. The zero-order chi connectivity index (χ0) is 15.0. The molecule has 5 nitrogen and oxygen atoms in total. The van der Waals surface area contributed by atoms with E-state index >= 15 is 0 Å². The van der Waals surface area contributed by atoms with E-state index in [1.807, 2.05) is 19.9 Å². The lowest BCUT2D eigenvalue weighted by Gasteiger charge is -2.23. The van der Waals surface area contributed by atoms with Crippen LogP contribution in [0.2, 0.25) is 0 Å². The molecule has 1 N–H and O–H groups in total. The van der Waals surface area contributed by atoms with Gasteiger partial charge >= 0.3 is 5.97 Å². The molecule has 0 aliphatic carbocycles. The molecule has 1 aliphatic rings. The summed E-state index contributed by atoms with van der Waals surface area (Å²) in [5, 5.41) is 9.46. The van der Waals surface area contributed by atoms with Crippen LogP contribution in [0.25, 0.3) is 0 Å². The maximum atomic E-state index is 11.5. The first-order valence-electron chi connectivity index (χ1n) is 6.94. The summed E-state index contributed by atoms with van der Waals surface area (Å²) in [7, 11) is 4.13. The van der Waals surface area contributed by atoms with Crippen LogP contribution in [0.5, 0.6) is 0 Å². The molecule has 2 rings (SSSR count). The molecule has 1 aromatic heterocycles. The minimum Gasteiger partial charge on any atom is -0.478 e. The van der Waals surface area contributed by atoms with Crippen molar-refractivity contribution in [2.75, 3.05) is 32.1 Å². The maximum Gasteiger partial charge on any atom is 0.339 e. The number of rotatable bonds is 3. The summed E-state index contributed by atoms with van der Waals surface area (Å²) in [5.41, 5.74) is 1.98. The average molecular weight is 277 g/mol. The first kappa shape index (κ1) is 14.8. The van der Waals surface area contributed by atoms with Crippen molar-refractivity contribution in [3.05, 3.63) is 22.9 Å². The van der Waals surface area contributed by atoms with E-state index in [2.05, 4.69) is 35.8 Å². The number of anilines is 1. The highest BCUT2D eigenvalue weighted by Gasteiger charge is 2.34. The van der Waals surface area contributed by atoms with Gasteiger partial charge in [-0.25, -0.2) is 9.78 Å². The van der Waals surface area contributed by atoms with E-state index in [1.165, 1.54) is 0 Å². The largest absolute Gasteiger partial charge is 0.478 e. The van der Waals surface area contributed by atoms with Crippen LogP contribution < -0.4 is 4.90 Å². The molecule has 0 saturated carbocycles. The number of likely N-dealkylation sites (N-methyl/N-ethyl adjacent to an activating group) is 1. The molecule has 2 heterocycles. The van der Waals surface area contributed by atoms with Gasteiger partial charge in [0.2, 0.25) is 0 Å². The number of carboxylic acid groups (broad SMARTS) is 1. The summed E-state index contributed by atoms with van der Waals surface area (Å²) < 4.78 is 0. The molecule has 0 bridgehead atoms. The van der Waals surface area contributed by atoms with Crippen molar-refractivity contribution >= 4 is 11.8 Å². The van der Waals surface area contributed by atoms with E-state index < -0.39 is 5.97 Å². The van der Waals surface area contributed by atoms with Gasteiger partial charge in [-0.2, -0.15) is 0 Å². The summed E-state index contributed by atoms with van der Waals surface area (Å²) in [6, 6.07) is 2.26. The number of nitrogens with zero attached hydrogens (tertiary/aromatic N) is 3. The molecule has 0 spiro atoms. The van der Waals surface area contributed by atoms with Crippen LogP contribution in [-0.4, -0.2) is 54.2 Å². The lowest BCUT2D eigenvalue weighted by atomic mass is 10.1. The second-order valence-corrected chi connectivity index (χ2v) is 6.00. The summed E-state index contributed by atoms with van der Waals surface area (Å²) in [4.78, 5) is 20.3. The molecule has 0 radical (unpaired) electrons. The van der Waals surface area contributed by atoms with E-state index in [9.17, 15) is 9.90 Å². The second-order valence-electron chi connectivity index (χ2n) is 6.00. The number of aromatic carboxylic acids is 1. The molecule has 5 heteroatoms. The maximum absolute atomic E-state index is 11.5. The van der Waals surface area contributed by atoms with Gasteiger partial charge < -0.3 is 14.9 Å². The smallest absolute Gasteiger partial charge is 0.339 e. The quantitative estimate of drug-likeness (QED) is 0.912. The van der Waals surface area contributed by atoms with E-state index in [0.717, 1.165) is 24.3 Å². The van der Waals surface area contributed by atoms with Crippen LogP contribution in [0.15, 0.2) is 6.07 Å². The highest BCUT2D eigenvalue weighted by Crippen LogP contribution is 2.29. The topological polar surface area (TPSA) is 56.7 Å². The minimum absolute atomic E-state index is 0.335. The third kappa shape index (κ3) is 2.63. The fourth-order valence-corrected chi connectivity index (χ4v) is 3.10. The highest BCUT2D eigenvalue weighted by atomic mass is 16.4. The number of carboxylic acids is 1. The van der Waals surface area contributed by atoms with Crippen LogP contribution in [0.3, 0.4) is 0 Å². The van der Waals surface area contributed by atoms with Crippen molar-refractivity contribution in [2.45, 2.75) is 26.8 Å². The van der Waals surface area contributed by atoms with Crippen molar-refractivity contribution in [3.8, 4) is 0 Å². The second kappa shape index (κ2) is 5.40. The SMILES string of the molecule is Cc1cc(C)c(C(=O)O)c(N2CC(C)C(N(C)C)C2)n1. The Hall–Kier alpha value is -1.62. The predicted octanol–water partition coefficient (Wildman–Crippen LogP) is 1.78. The van der Waals surface area contributed by atoms with E-state index in [4.69, 9.17) is 0 Å². The van der Waals surface area contributed by atoms with Gasteiger partial charge in [-0.1, -0.05) is 6.92 Å². The van der Waals surface area contributed by atoms with Crippen molar-refractivity contribution < 1.29 is 9.90 Å². The number of aromatic nitrogens is 1. The fourth-order valence-electron chi connectivity index (χ4n) is 3.10. The molecule has 20 heavy (non-hydrogen) atoms. The Morgan fingerprint density at radius 3 is 2.55 bits per heavy atom. The van der Waals surface area contributed by atoms with Crippen LogP contribution >= 0.6 is 0 Å². The van der Waals surface area contributed by atoms with E-state index in [-0.39, 0.29) is 0 Å². The van der Waals surface area contributed by atoms with E-state index in [1.54, 1.807) is 0 Å². The Kier molecular flexibility index (Phi) is 3.99. The number of carbonyl (C=O) groups is 1. The Morgan fingerprint density at radius 1 is 1.40 bits per heavy atom. The summed E-state index contributed by atoms with van der Waals surface area (Å²) in [5.74, 6) is 0.214. The van der Waals surface area contributed by atoms with Crippen LogP contribution in [0, 0.1) is 19.8 Å². The van der Waals surface area contributed by atoms with Gasteiger partial charge in [-0.15, -0.1) is 0 Å². The molecule has 1 fully saturated rings. The minimum atomic E-state index is -0.897. The van der Waals surface area contributed by atoms with E-state index in [0.29, 0.717) is 23.3 Å². The first-order chi connectivity index (χ1) is 9.31. The van der Waals surface area contributed by atoms with Crippen LogP contribution in [0.4, 0.5) is 5.82 Å². The van der Waals surface area contributed by atoms with Crippen molar-refractivity contribution in [3.63, 3.8) is 0 Å². The monoisotopic (exact) mass is 277 g/mol. The Labute approximate surface area is 120 Å². The molecule has 110 valence electrons. The van der Waals surface area contributed by atoms with Gasteiger partial charge in [0.1, 0.15) is 11.4 Å². The summed E-state index contributed by atoms with van der Waals surface area (Å²) in [6.45, 7) is 7.62. The van der Waals surface area contributed by atoms with Gasteiger partial charge in [-0.3, -0.25) is 0 Å². The molecule has 1 saturated heterocycles. The number of pyridine rings is 1. The number of hydrogen-bond donors (Lipinski definition) is 1. The zero-order valence-electron chi connectivity index (χ0n) is 12.8. The van der Waals surface area contributed by atoms with Crippen molar-refractivity contribution in [2.24, 2.45) is 5.92 Å². The van der Waals surface area contributed by atoms with Crippen LogP contribution in [-0.2, 0) is 0 Å². The van der Waals surface area contributed by atoms with Gasteiger partial charge in [0.25, 0.3) is 0 Å². The van der Waals surface area contributed by atoms with Crippen molar-refractivity contribution in [1.82, 2.24) is 9.88 Å². The lowest BCUT2D eigenvalue weighted by molar-refractivity contribution is 0.0696. The molecule has 2 unspecified atom stereocenters. The normalized spacial score (nSPS) is 22.6. The lowest BCUT2D eigenvalue weighted by Crippen LogP contribution is -2.34.